The average molecular weight is 660 g/mol. The van der Waals surface area contributed by atoms with Crippen molar-refractivity contribution in [3.05, 3.63) is 66.5 Å². The van der Waals surface area contributed by atoms with Gasteiger partial charge in [0.15, 0.2) is 6.73 Å². The fraction of sp³-hybridized carbons (Fsp3) is 0.436. The van der Waals surface area contributed by atoms with Crippen molar-refractivity contribution in [3.63, 3.8) is 0 Å². The van der Waals surface area contributed by atoms with E-state index in [0.717, 1.165) is 101 Å². The van der Waals surface area contributed by atoms with Crippen LogP contribution in [0, 0.1) is 11.8 Å². The number of ether oxygens (including phenoxy) is 1. The van der Waals surface area contributed by atoms with E-state index in [1.807, 2.05) is 22.2 Å². The van der Waals surface area contributed by atoms with Gasteiger partial charge in [0.1, 0.15) is 17.4 Å². The van der Waals surface area contributed by atoms with Crippen molar-refractivity contribution in [2.75, 3.05) is 13.1 Å². The topological polar surface area (TPSA) is 112 Å². The van der Waals surface area contributed by atoms with Crippen LogP contribution >= 0.6 is 0 Å². The molecule has 2 N–H and O–H groups in total. The third kappa shape index (κ3) is 5.81. The molecule has 2 saturated heterocycles. The highest BCUT2D eigenvalue weighted by atomic mass is 16.5. The average Bonchev–Trinajstić information content (AvgIpc) is 3.92. The first-order valence-corrected chi connectivity index (χ1v) is 17.8. The lowest BCUT2D eigenvalue weighted by atomic mass is 10.0. The lowest BCUT2D eigenvalue weighted by molar-refractivity contribution is -0.133. The molecule has 254 valence electrons. The van der Waals surface area contributed by atoms with Gasteiger partial charge in [-0.15, -0.1) is 0 Å². The number of fused-ring (bicyclic) bond motifs is 5. The molecule has 3 aromatic heterocycles. The number of aromatic nitrogens is 5. The second-order valence-corrected chi connectivity index (χ2v) is 14.8. The van der Waals surface area contributed by atoms with E-state index in [0.29, 0.717) is 31.4 Å². The van der Waals surface area contributed by atoms with Gasteiger partial charge < -0.3 is 29.1 Å². The summed E-state index contributed by atoms with van der Waals surface area (Å²) in [6, 6.07) is 15.0. The van der Waals surface area contributed by atoms with Crippen LogP contribution in [0.2, 0.25) is 0 Å². The summed E-state index contributed by atoms with van der Waals surface area (Å²) in [5.74, 6) is 3.65. The summed E-state index contributed by atoms with van der Waals surface area (Å²) in [5, 5.41) is 1.13. The molecule has 5 aromatic rings. The van der Waals surface area contributed by atoms with E-state index >= 15 is 0 Å². The molecule has 49 heavy (non-hydrogen) atoms. The maximum absolute atomic E-state index is 12.9. The molecule has 0 radical (unpaired) electrons. The number of benzene rings is 2. The molecule has 0 unspecified atom stereocenters. The number of hydrogen-bond donors (Lipinski definition) is 2. The fourth-order valence-corrected chi connectivity index (χ4v) is 7.89. The van der Waals surface area contributed by atoms with Crippen LogP contribution in [0.25, 0.3) is 44.7 Å². The zero-order chi connectivity index (χ0) is 33.8. The zero-order valence-corrected chi connectivity index (χ0v) is 28.8. The SMILES string of the molecule is CC(C)CC(=O)N1CCC[C@H]1c1ncc(-c2ccc3c(c2)OCn2c-3cc3cc(-c4cnc([C@@H]5CCCN5C(=O)CC(C)C)[nH]4)ccc32)[nH]1. The van der Waals surface area contributed by atoms with Gasteiger partial charge in [-0.1, -0.05) is 39.8 Å². The molecule has 0 saturated carbocycles. The standard InChI is InChI=1S/C39H45N7O3/c1-23(2)15-36(47)44-13-5-7-32(44)38-40-20-29(42-38)25-10-12-31-27(17-25)18-34-28-11-9-26(19-35(28)49-22-46(31)34)30-21-41-39(43-30)33-8-6-14-45(33)37(48)16-24(3)4/h9-12,17-21,23-24,32-33H,5-8,13-16,22H2,1-4H3,(H,40,42)(H,41,43)/t32-,33-/m0/s1. The number of rotatable bonds is 8. The highest BCUT2D eigenvalue weighted by Gasteiger charge is 2.33. The van der Waals surface area contributed by atoms with E-state index in [1.165, 1.54) is 0 Å². The van der Waals surface area contributed by atoms with Gasteiger partial charge in [0.05, 0.1) is 47.1 Å². The summed E-state index contributed by atoms with van der Waals surface area (Å²) in [4.78, 5) is 46.3. The fourth-order valence-electron chi connectivity index (χ4n) is 7.89. The first-order valence-electron chi connectivity index (χ1n) is 17.8. The predicted molar refractivity (Wildman–Crippen MR) is 189 cm³/mol. The quantitative estimate of drug-likeness (QED) is 0.176. The van der Waals surface area contributed by atoms with Gasteiger partial charge in [-0.3, -0.25) is 9.59 Å². The minimum atomic E-state index is -0.000794. The minimum Gasteiger partial charge on any atom is -0.472 e. The number of H-pyrrole nitrogens is 2. The van der Waals surface area contributed by atoms with Gasteiger partial charge in [0.2, 0.25) is 11.8 Å². The molecule has 8 rings (SSSR count). The Bertz CT molecular complexity index is 2030. The molecule has 2 fully saturated rings. The zero-order valence-electron chi connectivity index (χ0n) is 28.8. The minimum absolute atomic E-state index is 0.000794. The highest BCUT2D eigenvalue weighted by Crippen LogP contribution is 2.42. The van der Waals surface area contributed by atoms with Crippen LogP contribution in [0.5, 0.6) is 5.75 Å². The maximum atomic E-state index is 12.9. The van der Waals surface area contributed by atoms with Crippen molar-refractivity contribution in [2.24, 2.45) is 11.8 Å². The highest BCUT2D eigenvalue weighted by molar-refractivity contribution is 5.92. The van der Waals surface area contributed by atoms with Crippen LogP contribution in [-0.4, -0.2) is 59.2 Å². The predicted octanol–water partition coefficient (Wildman–Crippen LogP) is 7.86. The largest absolute Gasteiger partial charge is 0.472 e. The third-order valence-electron chi connectivity index (χ3n) is 10.3. The number of nitrogens with zero attached hydrogens (tertiary/aromatic N) is 5. The van der Waals surface area contributed by atoms with Crippen molar-refractivity contribution in [1.29, 1.82) is 0 Å². The van der Waals surface area contributed by atoms with Crippen LogP contribution in [-0.2, 0) is 16.3 Å². The number of imidazole rings is 2. The lowest BCUT2D eigenvalue weighted by Crippen LogP contribution is -2.31. The van der Waals surface area contributed by atoms with E-state index in [9.17, 15) is 9.59 Å². The molecule has 2 atom stereocenters. The number of amides is 2. The molecule has 0 bridgehead atoms. The van der Waals surface area contributed by atoms with Crippen LogP contribution in [0.3, 0.4) is 0 Å². The van der Waals surface area contributed by atoms with Crippen molar-refractivity contribution in [2.45, 2.75) is 85.0 Å². The van der Waals surface area contributed by atoms with Gasteiger partial charge in [-0.25, -0.2) is 9.97 Å². The number of carbonyl (C=O) groups excluding carboxylic acids is 2. The summed E-state index contributed by atoms with van der Waals surface area (Å²) < 4.78 is 8.54. The molecule has 2 amide bonds. The van der Waals surface area contributed by atoms with Gasteiger partial charge in [-0.05, 0) is 67.9 Å². The molecular weight excluding hydrogens is 614 g/mol. The molecule has 10 heteroatoms. The first-order chi connectivity index (χ1) is 23.7. The molecule has 3 aliphatic rings. The summed E-state index contributed by atoms with van der Waals surface area (Å²) >= 11 is 0. The van der Waals surface area contributed by atoms with Crippen LogP contribution in [0.15, 0.2) is 54.9 Å². The number of aromatic amines is 2. The van der Waals surface area contributed by atoms with Gasteiger partial charge in [0.25, 0.3) is 0 Å². The molecular formula is C39H45N7O3. The Balaban J connectivity index is 1.02. The molecule has 3 aliphatic heterocycles. The molecule has 0 aliphatic carbocycles. The Morgan fingerprint density at radius 3 is 1.96 bits per heavy atom. The van der Waals surface area contributed by atoms with Gasteiger partial charge in [0, 0.05) is 48.0 Å². The molecule has 10 nitrogen and oxygen atoms in total. The second kappa shape index (κ2) is 12.5. The number of likely N-dealkylation sites (tertiary alicyclic amines) is 2. The maximum Gasteiger partial charge on any atom is 0.223 e. The van der Waals surface area contributed by atoms with E-state index in [2.05, 4.69) is 84.7 Å². The number of nitrogens with one attached hydrogen (secondary N) is 2. The van der Waals surface area contributed by atoms with E-state index in [4.69, 9.17) is 14.7 Å². The second-order valence-electron chi connectivity index (χ2n) is 14.8. The number of carbonyl (C=O) groups is 2. The molecule has 2 aromatic carbocycles. The van der Waals surface area contributed by atoms with E-state index in [-0.39, 0.29) is 23.9 Å². The molecule has 0 spiro atoms. The Morgan fingerprint density at radius 1 is 0.796 bits per heavy atom. The normalized spacial score (nSPS) is 18.8. The summed E-state index contributed by atoms with van der Waals surface area (Å²) in [5.41, 5.74) is 7.21. The van der Waals surface area contributed by atoms with Crippen molar-refractivity contribution in [1.82, 2.24) is 34.3 Å². The molecule has 6 heterocycles. The first kappa shape index (κ1) is 31.4. The van der Waals surface area contributed by atoms with Crippen molar-refractivity contribution in [3.8, 4) is 39.5 Å². The van der Waals surface area contributed by atoms with Crippen molar-refractivity contribution >= 4 is 22.7 Å². The smallest absolute Gasteiger partial charge is 0.223 e. The Morgan fingerprint density at radius 2 is 1.37 bits per heavy atom. The number of hydrogen-bond acceptors (Lipinski definition) is 5. The lowest BCUT2D eigenvalue weighted by Gasteiger charge is -2.24. The Hall–Kier alpha value is -4.86. The summed E-state index contributed by atoms with van der Waals surface area (Å²) in [6.07, 6.45) is 8.76. The van der Waals surface area contributed by atoms with Crippen LogP contribution in [0.4, 0.5) is 0 Å². The van der Waals surface area contributed by atoms with Crippen LogP contribution in [0.1, 0.15) is 90.0 Å². The van der Waals surface area contributed by atoms with Crippen molar-refractivity contribution < 1.29 is 14.3 Å². The van der Waals surface area contributed by atoms with E-state index < -0.39 is 0 Å². The Labute approximate surface area is 286 Å². The van der Waals surface area contributed by atoms with Gasteiger partial charge in [-0.2, -0.15) is 0 Å². The third-order valence-corrected chi connectivity index (χ3v) is 10.3. The monoisotopic (exact) mass is 659 g/mol. The summed E-state index contributed by atoms with van der Waals surface area (Å²) in [6.45, 7) is 10.4. The summed E-state index contributed by atoms with van der Waals surface area (Å²) in [7, 11) is 0. The van der Waals surface area contributed by atoms with Crippen LogP contribution < -0.4 is 4.74 Å². The van der Waals surface area contributed by atoms with E-state index in [1.54, 1.807) is 0 Å². The van der Waals surface area contributed by atoms with Gasteiger partial charge >= 0.3 is 0 Å². The Kier molecular flexibility index (Phi) is 8.04.